The Bertz CT molecular complexity index is 3940. The quantitative estimate of drug-likeness (QED) is 0.0268. The lowest BCUT2D eigenvalue weighted by atomic mass is 9.84. The number of aromatic nitrogens is 4. The van der Waals surface area contributed by atoms with Crippen molar-refractivity contribution >= 4 is 92.5 Å². The number of morpholine rings is 1. The zero-order chi connectivity index (χ0) is 80.5. The second-order valence-electron chi connectivity index (χ2n) is 27.6. The number of likely N-dealkylation sites (N-methyl/N-ethyl adjacent to an activating group) is 2. The Morgan fingerprint density at radius 2 is 1.15 bits per heavy atom. The van der Waals surface area contributed by atoms with Crippen molar-refractivity contribution in [3.8, 4) is 0 Å². The number of fused-ring (bicyclic) bond motifs is 8. The number of aryl methyl sites for hydroxylation is 2. The maximum absolute atomic E-state index is 15.5. The van der Waals surface area contributed by atoms with Gasteiger partial charge in [-0.2, -0.15) is 0 Å². The molecule has 3 aromatic rings. The fourth-order valence-corrected chi connectivity index (χ4v) is 13.1. The molecule has 3 aromatic heterocycles. The third-order valence-corrected chi connectivity index (χ3v) is 19.8. The monoisotopic (exact) mass is 1570 g/mol. The highest BCUT2D eigenvalue weighted by molar-refractivity contribution is 6.23. The van der Waals surface area contributed by atoms with Gasteiger partial charge in [-0.15, -0.1) is 0 Å². The number of nitrogens with zero attached hydrogens (tertiary/aromatic N) is 7. The van der Waals surface area contributed by atoms with Crippen molar-refractivity contribution in [1.29, 1.82) is 0 Å². The molecular weight excluding hydrogens is 1450 g/mol. The summed E-state index contributed by atoms with van der Waals surface area (Å²) in [5.41, 5.74) is 9.59. The van der Waals surface area contributed by atoms with Crippen LogP contribution in [0.5, 0.6) is 0 Å². The molecule has 33 heteroatoms. The van der Waals surface area contributed by atoms with Crippen LogP contribution in [0.4, 0.5) is 0 Å². The lowest BCUT2D eigenvalue weighted by Gasteiger charge is -2.31. The number of imide groups is 2. The summed E-state index contributed by atoms with van der Waals surface area (Å²) in [6.45, 7) is 23.1. The lowest BCUT2D eigenvalue weighted by molar-refractivity contribution is -0.138. The first kappa shape index (κ1) is 89.0. The summed E-state index contributed by atoms with van der Waals surface area (Å²) in [7, 11) is 3.34. The standard InChI is InChI=1S/C79H114N12O21/c1-10-58-52(2)62-50-66-59(11-13-69(95)88(9)22-28-104-34-36-106-32-26-92)53(3)61(84-66)49-63-54(4)60(74(85-63)73-75-72(55(5)64(86-75)51-65(58)83-62)78(100)91(79(73)101)21-20-89-23-29-103-30-24-89)12-14-68(94)87(8)19-18-80-76(98)56(6)82-77(99)57(7)81-67(93)17-27-102-33-37-107-39-41-109-43-45-111-47-48-112-46-44-110-42-40-108-38-35-105-31-25-90-70(96)15-16-71(90)97/h11,13,15-16,49-51,54,56-57,60,84,86,92H,10,12,14,17-48H2,1-9H3,(H,80,98)(H,81,93)(H,82,99)/b13-11+,61-49?,62-50?,63-49?,64-51?,65-51?,66-50?,74-73?/t54-,56-,57-,60-/m0/s1. The molecule has 1 fully saturated rings. The topological polar surface area (TPSA) is 385 Å². The molecule has 0 saturated carbocycles. The summed E-state index contributed by atoms with van der Waals surface area (Å²) in [4.78, 5) is 146. The second-order valence-corrected chi connectivity index (χ2v) is 27.6. The van der Waals surface area contributed by atoms with Crippen molar-refractivity contribution in [1.82, 2.24) is 60.4 Å². The molecule has 0 radical (unpaired) electrons. The van der Waals surface area contributed by atoms with Crippen LogP contribution >= 0.6 is 0 Å². The number of allylic oxidation sites excluding steroid dienone is 2. The largest absolute Gasteiger partial charge is 0.394 e. The van der Waals surface area contributed by atoms with Gasteiger partial charge in [0.1, 0.15) is 12.1 Å². The van der Waals surface area contributed by atoms with Crippen molar-refractivity contribution in [3.63, 3.8) is 0 Å². The van der Waals surface area contributed by atoms with Gasteiger partial charge in [0.25, 0.3) is 23.6 Å². The van der Waals surface area contributed by atoms with E-state index in [1.54, 1.807) is 25.1 Å². The number of carbonyl (C=O) groups excluding carboxylic acids is 9. The Morgan fingerprint density at radius 3 is 1.75 bits per heavy atom. The van der Waals surface area contributed by atoms with Gasteiger partial charge >= 0.3 is 0 Å². The summed E-state index contributed by atoms with van der Waals surface area (Å²) in [5, 5.41) is 17.1. The third-order valence-electron chi connectivity index (χ3n) is 19.8. The molecule has 5 aliphatic rings. The van der Waals surface area contributed by atoms with Crippen LogP contribution in [0.25, 0.3) is 39.3 Å². The fraction of sp³-hybridized carbons (Fsp3) is 0.608. The molecule has 0 unspecified atom stereocenters. The van der Waals surface area contributed by atoms with Crippen molar-refractivity contribution in [2.24, 2.45) is 0 Å². The van der Waals surface area contributed by atoms with Gasteiger partial charge < -0.3 is 92.9 Å². The van der Waals surface area contributed by atoms with Crippen molar-refractivity contribution in [2.75, 3.05) is 218 Å². The first-order chi connectivity index (χ1) is 54.1. The number of H-pyrrole nitrogens is 2. The maximum Gasteiger partial charge on any atom is 0.264 e. The van der Waals surface area contributed by atoms with Gasteiger partial charge in [0.2, 0.25) is 29.5 Å². The predicted molar refractivity (Wildman–Crippen MR) is 415 cm³/mol. The van der Waals surface area contributed by atoms with Crippen LogP contribution in [-0.2, 0) is 85.7 Å². The number of amides is 9. The predicted octanol–water partition coefficient (Wildman–Crippen LogP) is 3.40. The molecule has 5 aliphatic heterocycles. The molecule has 8 bridgehead atoms. The zero-order valence-electron chi connectivity index (χ0n) is 66.3. The molecule has 9 amide bonds. The van der Waals surface area contributed by atoms with Crippen LogP contribution in [-0.4, -0.2) is 333 Å². The summed E-state index contributed by atoms with van der Waals surface area (Å²) in [6, 6.07) is 3.91. The molecule has 1 saturated heterocycles. The van der Waals surface area contributed by atoms with E-state index in [0.717, 1.165) is 27.2 Å². The average Bonchev–Trinajstić information content (AvgIpc) is 1.56. The number of carbonyl (C=O) groups is 9. The zero-order valence-corrected chi connectivity index (χ0v) is 66.3. The minimum absolute atomic E-state index is 0.0141. The van der Waals surface area contributed by atoms with Gasteiger partial charge in [0.15, 0.2) is 0 Å². The van der Waals surface area contributed by atoms with E-state index in [1.807, 2.05) is 45.9 Å². The summed E-state index contributed by atoms with van der Waals surface area (Å²) in [5.74, 6) is -4.45. The van der Waals surface area contributed by atoms with E-state index in [-0.39, 0.29) is 127 Å². The number of aromatic amines is 2. The first-order valence-corrected chi connectivity index (χ1v) is 38.7. The molecule has 8 heterocycles. The number of ether oxygens (including phenoxy) is 11. The molecule has 4 atom stereocenters. The average molecular weight is 1570 g/mol. The number of hydrogen-bond acceptors (Lipinski definition) is 24. The molecule has 616 valence electrons. The second kappa shape index (κ2) is 46.6. The lowest BCUT2D eigenvalue weighted by Crippen LogP contribution is -2.52. The Balaban J connectivity index is 0.782. The van der Waals surface area contributed by atoms with Gasteiger partial charge in [0.05, 0.1) is 192 Å². The van der Waals surface area contributed by atoms with Crippen molar-refractivity contribution in [2.45, 2.75) is 98.1 Å². The van der Waals surface area contributed by atoms with Crippen LogP contribution in [0.1, 0.15) is 132 Å². The molecule has 0 aromatic carbocycles. The van der Waals surface area contributed by atoms with E-state index < -0.39 is 47.5 Å². The molecule has 33 nitrogen and oxygen atoms in total. The Morgan fingerprint density at radius 1 is 0.607 bits per heavy atom. The Hall–Kier alpha value is -8.55. The van der Waals surface area contributed by atoms with Crippen molar-refractivity contribution in [3.05, 3.63) is 87.0 Å². The minimum Gasteiger partial charge on any atom is -0.394 e. The molecule has 112 heavy (non-hydrogen) atoms. The molecule has 0 spiro atoms. The van der Waals surface area contributed by atoms with E-state index in [0.29, 0.717) is 194 Å². The van der Waals surface area contributed by atoms with Gasteiger partial charge in [-0.25, -0.2) is 4.98 Å². The molecule has 0 aliphatic carbocycles. The molecular formula is C79H114N12O21. The van der Waals surface area contributed by atoms with Gasteiger partial charge in [-0.3, -0.25) is 62.8 Å². The Labute approximate surface area is 654 Å². The summed E-state index contributed by atoms with van der Waals surface area (Å²) >= 11 is 0. The van der Waals surface area contributed by atoms with Gasteiger partial charge in [-0.1, -0.05) is 13.8 Å². The number of hydrogen-bond donors (Lipinski definition) is 6. The van der Waals surface area contributed by atoms with Crippen LogP contribution < -0.4 is 16.0 Å². The van der Waals surface area contributed by atoms with E-state index in [2.05, 4.69) is 37.7 Å². The number of nitrogens with one attached hydrogen (secondary N) is 5. The highest BCUT2D eigenvalue weighted by atomic mass is 16.6. The van der Waals surface area contributed by atoms with E-state index in [1.165, 1.54) is 41.9 Å². The maximum atomic E-state index is 15.5. The van der Waals surface area contributed by atoms with Crippen LogP contribution in [0.2, 0.25) is 0 Å². The van der Waals surface area contributed by atoms with Gasteiger partial charge in [0, 0.05) is 131 Å². The number of rotatable bonds is 51. The van der Waals surface area contributed by atoms with Crippen molar-refractivity contribution < 1.29 is 100 Å². The molecule has 6 N–H and O–H groups in total. The smallest absolute Gasteiger partial charge is 0.264 e. The summed E-state index contributed by atoms with van der Waals surface area (Å²) in [6.07, 6.45) is 6.70. The first-order valence-electron chi connectivity index (χ1n) is 38.7. The van der Waals surface area contributed by atoms with Crippen LogP contribution in [0.3, 0.4) is 0 Å². The van der Waals surface area contributed by atoms with E-state index >= 15 is 4.79 Å². The third kappa shape index (κ3) is 26.3. The normalized spacial score (nSPS) is 16.3. The summed E-state index contributed by atoms with van der Waals surface area (Å²) < 4.78 is 60.5. The SMILES string of the molecule is CCC1=C(C)c2cc3[nH]c(cc4nc(c5c6[nH]c(cc1n2)c(C)c6C(=O)N(CCN1CCOCC1)C5=O)[C@@H](CCC(=O)N(C)CCNC(=O)[C@H](C)NC(=O)[C@H](C)NC(=O)CCOCCOCCOCCOCCOCCOCCOCCOCCN1C(=O)C=CC1=O)[C@@H]4C)c(C)c3/C=C/C(=O)N(C)CCOCCOCCO. The van der Waals surface area contributed by atoms with E-state index in [4.69, 9.17) is 67.2 Å². The number of aliphatic hydroxyl groups excluding tert-OH is 1. The molecule has 8 rings (SSSR count). The fourth-order valence-electron chi connectivity index (χ4n) is 13.1. The van der Waals surface area contributed by atoms with Crippen LogP contribution in [0, 0.1) is 13.8 Å². The number of aliphatic hydroxyl groups is 1. The highest BCUT2D eigenvalue weighted by Gasteiger charge is 2.42. The highest BCUT2D eigenvalue weighted by Crippen LogP contribution is 2.44. The minimum atomic E-state index is -0.985. The van der Waals surface area contributed by atoms with Gasteiger partial charge in [-0.05, 0) is 94.0 Å². The Kier molecular flexibility index (Phi) is 37.0. The van der Waals surface area contributed by atoms with E-state index in [9.17, 15) is 38.4 Å². The van der Waals surface area contributed by atoms with Crippen LogP contribution in [0.15, 0.2) is 36.4 Å².